The predicted octanol–water partition coefficient (Wildman–Crippen LogP) is 5.31. The van der Waals surface area contributed by atoms with Crippen LogP contribution in [0.2, 0.25) is 0 Å². The maximum absolute atomic E-state index is 15.1. The highest BCUT2D eigenvalue weighted by Gasteiger charge is 2.18. The molecule has 0 fully saturated rings. The van der Waals surface area contributed by atoms with E-state index < -0.39 is 5.82 Å². The van der Waals surface area contributed by atoms with Gasteiger partial charge in [0.15, 0.2) is 5.82 Å². The Labute approximate surface area is 197 Å². The van der Waals surface area contributed by atoms with Crippen LogP contribution in [0.5, 0.6) is 0 Å². The molecule has 0 spiro atoms. The molecule has 5 aromatic heterocycles. The number of carbonyl (C=O) groups excluding carboxylic acids is 1. The molecule has 0 saturated carbocycles. The van der Waals surface area contributed by atoms with Crippen LogP contribution in [-0.2, 0) is 4.79 Å². The summed E-state index contributed by atoms with van der Waals surface area (Å²) in [7, 11) is 0. The molecular formula is C25H18FN7O2. The first-order chi connectivity index (χ1) is 17.1. The number of hydrogen-bond acceptors (Lipinski definition) is 6. The molecule has 172 valence electrons. The zero-order valence-corrected chi connectivity index (χ0v) is 18.5. The number of rotatable bonds is 5. The number of nitrogens with zero attached hydrogens (tertiary/aromatic N) is 4. The first kappa shape index (κ1) is 20.7. The Kier molecular flexibility index (Phi) is 4.84. The zero-order chi connectivity index (χ0) is 23.9. The van der Waals surface area contributed by atoms with Crippen LogP contribution < -0.4 is 5.32 Å². The number of pyridine rings is 2. The second kappa shape index (κ2) is 8.17. The molecule has 0 aliphatic heterocycles. The summed E-state index contributed by atoms with van der Waals surface area (Å²) in [6.07, 6.45) is 8.29. The van der Waals surface area contributed by atoms with Crippen molar-refractivity contribution in [2.24, 2.45) is 0 Å². The van der Waals surface area contributed by atoms with E-state index in [-0.39, 0.29) is 5.91 Å². The normalized spacial score (nSPS) is 11.4. The Morgan fingerprint density at radius 2 is 2.03 bits per heavy atom. The first-order valence-electron chi connectivity index (χ1n) is 10.9. The molecule has 6 rings (SSSR count). The van der Waals surface area contributed by atoms with Gasteiger partial charge in [-0.1, -0.05) is 6.92 Å². The lowest BCUT2D eigenvalue weighted by Crippen LogP contribution is -2.09. The van der Waals surface area contributed by atoms with Crippen LogP contribution in [0.25, 0.3) is 55.8 Å². The minimum absolute atomic E-state index is 0.147. The summed E-state index contributed by atoms with van der Waals surface area (Å²) in [5, 5.41) is 10.7. The Balaban J connectivity index is 1.46. The number of furan rings is 1. The van der Waals surface area contributed by atoms with Crippen LogP contribution in [0.1, 0.15) is 13.3 Å². The molecule has 0 aliphatic rings. The monoisotopic (exact) mass is 467 g/mol. The summed E-state index contributed by atoms with van der Waals surface area (Å²) in [6, 6.07) is 8.43. The van der Waals surface area contributed by atoms with E-state index in [1.807, 2.05) is 12.1 Å². The summed E-state index contributed by atoms with van der Waals surface area (Å²) in [6.45, 7) is 1.76. The van der Waals surface area contributed by atoms with Crippen molar-refractivity contribution in [1.29, 1.82) is 0 Å². The largest absolute Gasteiger partial charge is 0.472 e. The molecule has 35 heavy (non-hydrogen) atoms. The standard InChI is InChI=1S/C25H18FN7O2/c1-2-21(34)29-15-7-14(10-27-11-15)16-8-17-20(9-18(16)26)32-33-23(17)25-30-19-3-5-28-22(24(19)31-25)13-4-6-35-12-13/h3-12H,2H2,1H3,(H,29,34)(H,30,31)(H,32,33). The van der Waals surface area contributed by atoms with Gasteiger partial charge in [-0.05, 0) is 24.3 Å². The van der Waals surface area contributed by atoms with Gasteiger partial charge >= 0.3 is 0 Å². The molecule has 3 N–H and O–H groups in total. The van der Waals surface area contributed by atoms with Crippen molar-refractivity contribution >= 4 is 33.5 Å². The molecule has 10 heteroatoms. The Hall–Kier alpha value is -4.86. The summed E-state index contributed by atoms with van der Waals surface area (Å²) >= 11 is 0. The van der Waals surface area contributed by atoms with Gasteiger partial charge in [0.2, 0.25) is 5.91 Å². The number of amides is 1. The van der Waals surface area contributed by atoms with E-state index in [1.54, 1.807) is 44.0 Å². The lowest BCUT2D eigenvalue weighted by molar-refractivity contribution is -0.115. The Morgan fingerprint density at radius 1 is 1.11 bits per heavy atom. The van der Waals surface area contributed by atoms with Crippen LogP contribution in [0.4, 0.5) is 10.1 Å². The van der Waals surface area contributed by atoms with Gasteiger partial charge < -0.3 is 14.7 Å². The number of aromatic nitrogens is 6. The molecule has 0 unspecified atom stereocenters. The summed E-state index contributed by atoms with van der Waals surface area (Å²) < 4.78 is 20.2. The van der Waals surface area contributed by atoms with Crippen LogP contribution in [-0.4, -0.2) is 36.0 Å². The summed E-state index contributed by atoms with van der Waals surface area (Å²) in [5.74, 6) is -0.0701. The number of aromatic amines is 2. The maximum atomic E-state index is 15.1. The topological polar surface area (TPSA) is 125 Å². The number of fused-ring (bicyclic) bond motifs is 2. The highest BCUT2D eigenvalue weighted by atomic mass is 19.1. The quantitative estimate of drug-likeness (QED) is 0.315. The number of imidazole rings is 1. The van der Waals surface area contributed by atoms with E-state index in [1.165, 1.54) is 12.3 Å². The predicted molar refractivity (Wildman–Crippen MR) is 129 cm³/mol. The molecule has 1 amide bonds. The zero-order valence-electron chi connectivity index (χ0n) is 18.5. The summed E-state index contributed by atoms with van der Waals surface area (Å²) in [4.78, 5) is 28.4. The molecule has 6 aromatic rings. The number of carbonyl (C=O) groups is 1. The van der Waals surface area contributed by atoms with E-state index in [0.29, 0.717) is 56.9 Å². The second-order valence-corrected chi connectivity index (χ2v) is 7.97. The van der Waals surface area contributed by atoms with Gasteiger partial charge in [-0.3, -0.25) is 19.9 Å². The third-order valence-corrected chi connectivity index (χ3v) is 5.72. The van der Waals surface area contributed by atoms with Gasteiger partial charge in [0.05, 0.1) is 35.4 Å². The fourth-order valence-corrected chi connectivity index (χ4v) is 4.00. The van der Waals surface area contributed by atoms with Crippen molar-refractivity contribution in [3.05, 3.63) is 67.3 Å². The smallest absolute Gasteiger partial charge is 0.224 e. The molecule has 9 nitrogen and oxygen atoms in total. The molecule has 0 aliphatic carbocycles. The van der Waals surface area contributed by atoms with Crippen molar-refractivity contribution in [2.75, 3.05) is 5.32 Å². The minimum atomic E-state index is -0.440. The molecule has 0 atom stereocenters. The lowest BCUT2D eigenvalue weighted by Gasteiger charge is -2.08. The van der Waals surface area contributed by atoms with Gasteiger partial charge in [-0.25, -0.2) is 9.37 Å². The first-order valence-corrected chi connectivity index (χ1v) is 10.9. The van der Waals surface area contributed by atoms with Crippen molar-refractivity contribution in [2.45, 2.75) is 13.3 Å². The molecule has 5 heterocycles. The van der Waals surface area contributed by atoms with E-state index in [4.69, 9.17) is 9.40 Å². The van der Waals surface area contributed by atoms with Crippen molar-refractivity contribution in [3.63, 3.8) is 0 Å². The highest BCUT2D eigenvalue weighted by Crippen LogP contribution is 2.34. The lowest BCUT2D eigenvalue weighted by atomic mass is 10.0. The van der Waals surface area contributed by atoms with Gasteiger partial charge in [-0.2, -0.15) is 5.10 Å². The number of H-pyrrole nitrogens is 2. The highest BCUT2D eigenvalue weighted by molar-refractivity contribution is 5.98. The van der Waals surface area contributed by atoms with E-state index in [9.17, 15) is 4.79 Å². The average Bonchev–Trinajstić information content (AvgIpc) is 3.62. The third kappa shape index (κ3) is 3.61. The van der Waals surface area contributed by atoms with Crippen LogP contribution >= 0.6 is 0 Å². The molecule has 0 saturated heterocycles. The Morgan fingerprint density at radius 3 is 2.86 bits per heavy atom. The molecular weight excluding hydrogens is 449 g/mol. The maximum Gasteiger partial charge on any atom is 0.224 e. The van der Waals surface area contributed by atoms with E-state index >= 15 is 4.39 Å². The molecule has 0 radical (unpaired) electrons. The number of benzene rings is 1. The van der Waals surface area contributed by atoms with Crippen LogP contribution in [0.3, 0.4) is 0 Å². The number of halogens is 1. The van der Waals surface area contributed by atoms with Gasteiger partial charge in [0, 0.05) is 47.0 Å². The molecule has 0 bridgehead atoms. The minimum Gasteiger partial charge on any atom is -0.472 e. The van der Waals surface area contributed by atoms with E-state index in [2.05, 4.69) is 30.5 Å². The number of nitrogens with one attached hydrogen (secondary N) is 3. The number of hydrogen-bond donors (Lipinski definition) is 3. The Bertz CT molecular complexity index is 1700. The summed E-state index contributed by atoms with van der Waals surface area (Å²) in [5.41, 5.74) is 5.38. The molecule has 1 aromatic carbocycles. The van der Waals surface area contributed by atoms with Crippen molar-refractivity contribution in [1.82, 2.24) is 30.1 Å². The van der Waals surface area contributed by atoms with Crippen LogP contribution in [0.15, 0.2) is 65.9 Å². The second-order valence-electron chi connectivity index (χ2n) is 7.97. The third-order valence-electron chi connectivity index (χ3n) is 5.72. The number of anilines is 1. The SMILES string of the molecule is CCC(=O)Nc1cncc(-c2cc3c(-c4nc5c(-c6ccoc6)nccc5[nH]4)n[nH]c3cc2F)c1. The van der Waals surface area contributed by atoms with Crippen LogP contribution in [0, 0.1) is 5.82 Å². The van der Waals surface area contributed by atoms with Crippen molar-refractivity contribution < 1.29 is 13.6 Å². The van der Waals surface area contributed by atoms with Gasteiger partial charge in [0.25, 0.3) is 0 Å². The average molecular weight is 467 g/mol. The van der Waals surface area contributed by atoms with Gasteiger partial charge in [-0.15, -0.1) is 0 Å². The van der Waals surface area contributed by atoms with Gasteiger partial charge in [0.1, 0.15) is 22.7 Å². The van der Waals surface area contributed by atoms with E-state index in [0.717, 1.165) is 11.1 Å². The fourth-order valence-electron chi connectivity index (χ4n) is 4.00. The fraction of sp³-hybridized carbons (Fsp3) is 0.0800. The van der Waals surface area contributed by atoms with Crippen molar-refractivity contribution in [3.8, 4) is 33.9 Å².